The second-order valence-electron chi connectivity index (χ2n) is 4.50. The number of hydrogen-bond acceptors (Lipinski definition) is 3. The van der Waals surface area contributed by atoms with Gasteiger partial charge in [0.1, 0.15) is 5.82 Å². The van der Waals surface area contributed by atoms with Crippen LogP contribution < -0.4 is 11.1 Å². The number of nitrogen functional groups attached to an aromatic ring is 1. The largest absolute Gasteiger partial charge is 0.382 e. The minimum Gasteiger partial charge on any atom is -0.382 e. The lowest BCUT2D eigenvalue weighted by Gasteiger charge is -2.17. The van der Waals surface area contributed by atoms with Crippen molar-refractivity contribution in [3.63, 3.8) is 0 Å². The van der Waals surface area contributed by atoms with E-state index in [4.69, 9.17) is 5.73 Å². The number of nitrogens with two attached hydrogens (primary N) is 1. The summed E-state index contributed by atoms with van der Waals surface area (Å²) in [5.41, 5.74) is 9.80. The molecule has 1 aromatic carbocycles. The van der Waals surface area contributed by atoms with E-state index in [0.29, 0.717) is 12.2 Å². The second kappa shape index (κ2) is 3.87. The third-order valence-electron chi connectivity index (χ3n) is 3.20. The summed E-state index contributed by atoms with van der Waals surface area (Å²) in [7, 11) is 1.87. The Morgan fingerprint density at radius 2 is 2.17 bits per heavy atom. The number of benzene rings is 1. The molecule has 5 nitrogen and oxygen atoms in total. The summed E-state index contributed by atoms with van der Waals surface area (Å²) in [6, 6.07) is 7.85. The summed E-state index contributed by atoms with van der Waals surface area (Å²) in [5.74, 6) is 0.596. The fourth-order valence-electron chi connectivity index (χ4n) is 2.30. The van der Waals surface area contributed by atoms with Gasteiger partial charge in [0, 0.05) is 30.8 Å². The molecule has 0 radical (unpaired) electrons. The molecule has 2 heterocycles. The van der Waals surface area contributed by atoms with Crippen LogP contribution in [0.25, 0.3) is 11.3 Å². The van der Waals surface area contributed by atoms with Gasteiger partial charge in [0.2, 0.25) is 5.91 Å². The summed E-state index contributed by atoms with van der Waals surface area (Å²) in [5, 5.41) is 7.01. The Bertz CT molecular complexity index is 630. The maximum absolute atomic E-state index is 11.3. The Labute approximate surface area is 105 Å². The number of carbonyl (C=O) groups is 1. The highest BCUT2D eigenvalue weighted by molar-refractivity contribution is 5.94. The predicted molar refractivity (Wildman–Crippen MR) is 70.0 cm³/mol. The van der Waals surface area contributed by atoms with Crippen LogP contribution in [0.2, 0.25) is 0 Å². The molecule has 0 spiro atoms. The zero-order valence-electron chi connectivity index (χ0n) is 10.1. The first-order valence-electron chi connectivity index (χ1n) is 5.86. The van der Waals surface area contributed by atoms with Gasteiger partial charge < -0.3 is 11.1 Å². The van der Waals surface area contributed by atoms with E-state index in [9.17, 15) is 4.79 Å². The Morgan fingerprint density at radius 1 is 1.33 bits per heavy atom. The smallest absolute Gasteiger partial charge is 0.224 e. The molecule has 1 aliphatic heterocycles. The molecular weight excluding hydrogens is 228 g/mol. The van der Waals surface area contributed by atoms with Gasteiger partial charge in [-0.1, -0.05) is 6.07 Å². The highest BCUT2D eigenvalue weighted by Crippen LogP contribution is 2.29. The summed E-state index contributed by atoms with van der Waals surface area (Å²) in [4.78, 5) is 11.3. The predicted octanol–water partition coefficient (Wildman–Crippen LogP) is 1.55. The number of amides is 1. The molecule has 0 unspecified atom stereocenters. The Kier molecular flexibility index (Phi) is 2.33. The van der Waals surface area contributed by atoms with Gasteiger partial charge in [0.25, 0.3) is 0 Å². The van der Waals surface area contributed by atoms with Crippen molar-refractivity contribution in [1.29, 1.82) is 0 Å². The average molecular weight is 242 g/mol. The van der Waals surface area contributed by atoms with E-state index in [1.165, 1.54) is 0 Å². The molecule has 0 saturated carbocycles. The third kappa shape index (κ3) is 1.73. The first kappa shape index (κ1) is 10.8. The number of aryl methyl sites for hydroxylation is 2. The van der Waals surface area contributed by atoms with Crippen LogP contribution in [0.15, 0.2) is 24.3 Å². The maximum atomic E-state index is 11.3. The summed E-state index contributed by atoms with van der Waals surface area (Å²) in [6.07, 6.45) is 1.33. The highest BCUT2D eigenvalue weighted by atomic mass is 16.1. The number of nitrogens with zero attached hydrogens (tertiary/aromatic N) is 2. The normalized spacial score (nSPS) is 14.2. The minimum absolute atomic E-state index is 0.0834. The monoisotopic (exact) mass is 242 g/mol. The van der Waals surface area contributed by atoms with Crippen molar-refractivity contribution < 1.29 is 4.79 Å². The van der Waals surface area contributed by atoms with E-state index < -0.39 is 0 Å². The van der Waals surface area contributed by atoms with Crippen molar-refractivity contribution in [1.82, 2.24) is 9.78 Å². The van der Waals surface area contributed by atoms with Crippen molar-refractivity contribution in [3.05, 3.63) is 29.8 Å². The molecule has 0 bridgehead atoms. The molecule has 5 heteroatoms. The SMILES string of the molecule is Cn1nc(N)cc1-c1ccc2c(c1)CCC(=O)N2. The van der Waals surface area contributed by atoms with Gasteiger partial charge in [-0.05, 0) is 24.1 Å². The van der Waals surface area contributed by atoms with Gasteiger partial charge >= 0.3 is 0 Å². The molecule has 2 aromatic rings. The molecule has 1 aromatic heterocycles. The van der Waals surface area contributed by atoms with Crippen molar-refractivity contribution in [2.45, 2.75) is 12.8 Å². The molecule has 0 saturated heterocycles. The molecule has 92 valence electrons. The molecule has 0 atom stereocenters. The zero-order chi connectivity index (χ0) is 12.7. The maximum Gasteiger partial charge on any atom is 0.224 e. The van der Waals surface area contributed by atoms with E-state index in [0.717, 1.165) is 28.9 Å². The molecule has 0 aliphatic carbocycles. The second-order valence-corrected chi connectivity index (χ2v) is 4.50. The van der Waals surface area contributed by atoms with Crippen LogP contribution in [0, 0.1) is 0 Å². The van der Waals surface area contributed by atoms with Crippen LogP contribution in [0.1, 0.15) is 12.0 Å². The molecule has 3 rings (SSSR count). The van der Waals surface area contributed by atoms with Crippen molar-refractivity contribution in [3.8, 4) is 11.3 Å². The van der Waals surface area contributed by atoms with E-state index in [2.05, 4.69) is 16.5 Å². The molecular formula is C13H14N4O. The van der Waals surface area contributed by atoms with E-state index >= 15 is 0 Å². The van der Waals surface area contributed by atoms with Gasteiger partial charge in [-0.2, -0.15) is 5.10 Å². The Morgan fingerprint density at radius 3 is 2.89 bits per heavy atom. The quantitative estimate of drug-likeness (QED) is 0.797. The van der Waals surface area contributed by atoms with Crippen LogP contribution >= 0.6 is 0 Å². The lowest BCUT2D eigenvalue weighted by molar-refractivity contribution is -0.116. The van der Waals surface area contributed by atoms with Gasteiger partial charge in [-0.15, -0.1) is 0 Å². The van der Waals surface area contributed by atoms with E-state index in [1.54, 1.807) is 4.68 Å². The number of aromatic nitrogens is 2. The van der Waals surface area contributed by atoms with Gasteiger partial charge in [0.15, 0.2) is 0 Å². The summed E-state index contributed by atoms with van der Waals surface area (Å²) in [6.45, 7) is 0. The fourth-order valence-corrected chi connectivity index (χ4v) is 2.30. The molecule has 0 fully saturated rings. The van der Waals surface area contributed by atoms with E-state index in [1.807, 2.05) is 25.2 Å². The lowest BCUT2D eigenvalue weighted by Crippen LogP contribution is -2.18. The molecule has 1 aliphatic rings. The standard InChI is InChI=1S/C13H14N4O/c1-17-11(7-12(14)16-17)9-2-4-10-8(6-9)3-5-13(18)15-10/h2,4,6-7H,3,5H2,1H3,(H2,14,16)(H,15,18). The average Bonchev–Trinajstić information content (AvgIpc) is 2.68. The van der Waals surface area contributed by atoms with Gasteiger partial charge in [0.05, 0.1) is 5.69 Å². The first-order chi connectivity index (χ1) is 8.63. The number of anilines is 2. The Balaban J connectivity index is 2.05. The topological polar surface area (TPSA) is 72.9 Å². The van der Waals surface area contributed by atoms with Crippen LogP contribution in [0.4, 0.5) is 11.5 Å². The number of hydrogen-bond donors (Lipinski definition) is 2. The van der Waals surface area contributed by atoms with Crippen LogP contribution in [-0.2, 0) is 18.3 Å². The Hall–Kier alpha value is -2.30. The number of rotatable bonds is 1. The number of fused-ring (bicyclic) bond motifs is 1. The number of carbonyl (C=O) groups excluding carboxylic acids is 1. The third-order valence-corrected chi connectivity index (χ3v) is 3.20. The van der Waals surface area contributed by atoms with Crippen LogP contribution in [-0.4, -0.2) is 15.7 Å². The van der Waals surface area contributed by atoms with Crippen molar-refractivity contribution in [2.24, 2.45) is 7.05 Å². The molecule has 18 heavy (non-hydrogen) atoms. The van der Waals surface area contributed by atoms with Crippen LogP contribution in [0.3, 0.4) is 0 Å². The molecule has 3 N–H and O–H groups in total. The fraction of sp³-hybridized carbons (Fsp3) is 0.231. The van der Waals surface area contributed by atoms with Crippen molar-refractivity contribution in [2.75, 3.05) is 11.1 Å². The van der Waals surface area contributed by atoms with Crippen LogP contribution in [0.5, 0.6) is 0 Å². The summed E-state index contributed by atoms with van der Waals surface area (Å²) >= 11 is 0. The summed E-state index contributed by atoms with van der Waals surface area (Å²) < 4.78 is 1.76. The first-order valence-corrected chi connectivity index (χ1v) is 5.86. The van der Waals surface area contributed by atoms with E-state index in [-0.39, 0.29) is 5.91 Å². The van der Waals surface area contributed by atoms with Crippen molar-refractivity contribution >= 4 is 17.4 Å². The lowest BCUT2D eigenvalue weighted by atomic mass is 9.99. The highest BCUT2D eigenvalue weighted by Gasteiger charge is 2.16. The van der Waals surface area contributed by atoms with Gasteiger partial charge in [-0.3, -0.25) is 9.48 Å². The molecule has 1 amide bonds. The zero-order valence-corrected chi connectivity index (χ0v) is 10.1. The number of nitrogens with one attached hydrogen (secondary N) is 1. The van der Waals surface area contributed by atoms with Gasteiger partial charge in [-0.25, -0.2) is 0 Å². The minimum atomic E-state index is 0.0834.